The largest absolute Gasteiger partial charge is 0.385 e. The zero-order valence-electron chi connectivity index (χ0n) is 7.38. The minimum absolute atomic E-state index is 0.199. The minimum atomic E-state index is -0.749. The van der Waals surface area contributed by atoms with Gasteiger partial charge in [0, 0.05) is 5.02 Å². The molecule has 0 aliphatic carbocycles. The van der Waals surface area contributed by atoms with Gasteiger partial charge in [-0.05, 0) is 19.1 Å². The first kappa shape index (κ1) is 9.43. The number of H-pyrrole nitrogens is 1. The number of nitrogens with zero attached hydrogens (tertiary/aromatic N) is 1. The second kappa shape index (κ2) is 3.22. The summed E-state index contributed by atoms with van der Waals surface area (Å²) in [7, 11) is 0. The number of aromatic amines is 1. The molecule has 0 fully saturated rings. The quantitative estimate of drug-likeness (QED) is 0.766. The van der Waals surface area contributed by atoms with Crippen LogP contribution in [-0.4, -0.2) is 15.1 Å². The van der Waals surface area contributed by atoms with Crippen LogP contribution in [0.3, 0.4) is 0 Å². The predicted octanol–water partition coefficient (Wildman–Crippen LogP) is 2.41. The highest BCUT2D eigenvalue weighted by atomic mass is 35.5. The number of imidazole rings is 1. The van der Waals surface area contributed by atoms with Crippen LogP contribution in [-0.2, 0) is 0 Å². The van der Waals surface area contributed by atoms with Crippen molar-refractivity contribution in [2.75, 3.05) is 0 Å². The van der Waals surface area contributed by atoms with Gasteiger partial charge in [0.2, 0.25) is 0 Å². The van der Waals surface area contributed by atoms with Crippen molar-refractivity contribution >= 4 is 22.6 Å². The molecular weight excluding hydrogens is 207 g/mol. The summed E-state index contributed by atoms with van der Waals surface area (Å²) >= 11 is 5.66. The summed E-state index contributed by atoms with van der Waals surface area (Å²) in [6, 6.07) is 2.76. The number of aromatic nitrogens is 2. The summed E-state index contributed by atoms with van der Waals surface area (Å²) in [4.78, 5) is 6.70. The molecule has 0 unspecified atom stereocenters. The lowest BCUT2D eigenvalue weighted by Gasteiger charge is -1.95. The Morgan fingerprint density at radius 1 is 1.57 bits per heavy atom. The van der Waals surface area contributed by atoms with Crippen LogP contribution in [0.4, 0.5) is 4.39 Å². The number of hydrogen-bond acceptors (Lipinski definition) is 2. The molecule has 5 heteroatoms. The lowest BCUT2D eigenvalue weighted by molar-refractivity contribution is 0.190. The van der Waals surface area contributed by atoms with E-state index in [4.69, 9.17) is 11.6 Å². The highest BCUT2D eigenvalue weighted by Crippen LogP contribution is 2.22. The lowest BCUT2D eigenvalue weighted by atomic mass is 10.3. The van der Waals surface area contributed by atoms with Gasteiger partial charge in [-0.15, -0.1) is 0 Å². The average Bonchev–Trinajstić information content (AvgIpc) is 2.47. The maximum atomic E-state index is 13.3. The first-order chi connectivity index (χ1) is 6.58. The van der Waals surface area contributed by atoms with E-state index in [9.17, 15) is 9.50 Å². The summed E-state index contributed by atoms with van der Waals surface area (Å²) in [6.45, 7) is 1.55. The number of halogens is 2. The molecule has 3 nitrogen and oxygen atoms in total. The third-order valence-electron chi connectivity index (χ3n) is 1.92. The van der Waals surface area contributed by atoms with E-state index in [0.29, 0.717) is 16.4 Å². The van der Waals surface area contributed by atoms with Gasteiger partial charge < -0.3 is 10.1 Å². The van der Waals surface area contributed by atoms with Crippen LogP contribution >= 0.6 is 11.6 Å². The second-order valence-electron chi connectivity index (χ2n) is 3.08. The van der Waals surface area contributed by atoms with Gasteiger partial charge in [0.15, 0.2) is 5.82 Å². The van der Waals surface area contributed by atoms with E-state index in [1.54, 1.807) is 13.0 Å². The molecule has 2 rings (SSSR count). The summed E-state index contributed by atoms with van der Waals surface area (Å²) in [5.74, 6) is -0.156. The van der Waals surface area contributed by atoms with E-state index in [2.05, 4.69) is 9.97 Å². The van der Waals surface area contributed by atoms with Crippen molar-refractivity contribution in [1.82, 2.24) is 9.97 Å². The van der Waals surface area contributed by atoms with Crippen LogP contribution in [0, 0.1) is 5.82 Å². The Kier molecular flexibility index (Phi) is 2.17. The Morgan fingerprint density at radius 3 is 2.93 bits per heavy atom. The lowest BCUT2D eigenvalue weighted by Crippen LogP contribution is -1.92. The summed E-state index contributed by atoms with van der Waals surface area (Å²) in [5, 5.41) is 9.54. The predicted molar refractivity (Wildman–Crippen MR) is 51.7 cm³/mol. The molecule has 0 aliphatic rings. The van der Waals surface area contributed by atoms with Gasteiger partial charge in [0.1, 0.15) is 17.4 Å². The highest BCUT2D eigenvalue weighted by molar-refractivity contribution is 6.31. The third-order valence-corrected chi connectivity index (χ3v) is 2.14. The van der Waals surface area contributed by atoms with Crippen LogP contribution < -0.4 is 0 Å². The Hall–Kier alpha value is -1.13. The monoisotopic (exact) mass is 214 g/mol. The maximum Gasteiger partial charge on any atom is 0.152 e. The molecule has 0 spiro atoms. The van der Waals surface area contributed by atoms with Crippen molar-refractivity contribution in [2.24, 2.45) is 0 Å². The number of hydrogen-bond donors (Lipinski definition) is 2. The second-order valence-corrected chi connectivity index (χ2v) is 3.52. The molecule has 1 heterocycles. The Morgan fingerprint density at radius 2 is 2.29 bits per heavy atom. The highest BCUT2D eigenvalue weighted by Gasteiger charge is 2.11. The van der Waals surface area contributed by atoms with Crippen molar-refractivity contribution in [3.05, 3.63) is 28.8 Å². The molecule has 1 aromatic carbocycles. The van der Waals surface area contributed by atoms with Gasteiger partial charge in [0.05, 0.1) is 5.52 Å². The fourth-order valence-corrected chi connectivity index (χ4v) is 1.46. The Balaban J connectivity index is 2.70. The minimum Gasteiger partial charge on any atom is -0.385 e. The zero-order chi connectivity index (χ0) is 10.3. The van der Waals surface area contributed by atoms with Crippen molar-refractivity contribution in [1.29, 1.82) is 0 Å². The van der Waals surface area contributed by atoms with E-state index in [-0.39, 0.29) is 5.52 Å². The maximum absolute atomic E-state index is 13.3. The fourth-order valence-electron chi connectivity index (χ4n) is 1.26. The molecule has 14 heavy (non-hydrogen) atoms. The summed E-state index contributed by atoms with van der Waals surface area (Å²) in [6.07, 6.45) is -0.749. The SMILES string of the molecule is C[C@H](O)c1nc2c(F)cc(Cl)cc2[nH]1. The molecule has 0 saturated heterocycles. The number of nitrogens with one attached hydrogen (secondary N) is 1. The van der Waals surface area contributed by atoms with E-state index in [1.807, 2.05) is 0 Å². The van der Waals surface area contributed by atoms with Gasteiger partial charge in [-0.3, -0.25) is 0 Å². The van der Waals surface area contributed by atoms with Gasteiger partial charge in [-0.2, -0.15) is 0 Å². The van der Waals surface area contributed by atoms with Gasteiger partial charge in [-0.1, -0.05) is 11.6 Å². The van der Waals surface area contributed by atoms with Gasteiger partial charge in [-0.25, -0.2) is 9.37 Å². The first-order valence-electron chi connectivity index (χ1n) is 4.10. The smallest absolute Gasteiger partial charge is 0.152 e. The van der Waals surface area contributed by atoms with Crippen molar-refractivity contribution in [3.63, 3.8) is 0 Å². The zero-order valence-corrected chi connectivity index (χ0v) is 8.14. The first-order valence-corrected chi connectivity index (χ1v) is 4.48. The third kappa shape index (κ3) is 1.47. The molecule has 0 aliphatic heterocycles. The molecule has 0 bridgehead atoms. The molecule has 74 valence electrons. The van der Waals surface area contributed by atoms with E-state index in [1.165, 1.54) is 6.07 Å². The summed E-state index contributed by atoms with van der Waals surface area (Å²) in [5.41, 5.74) is 0.691. The molecule has 2 N–H and O–H groups in total. The topological polar surface area (TPSA) is 48.9 Å². The van der Waals surface area contributed by atoms with Crippen LogP contribution in [0.15, 0.2) is 12.1 Å². The van der Waals surface area contributed by atoms with Crippen LogP contribution in [0.25, 0.3) is 11.0 Å². The summed E-state index contributed by atoms with van der Waals surface area (Å²) < 4.78 is 13.3. The molecular formula is C9H8ClFN2O. The standard InChI is InChI=1S/C9H8ClFN2O/c1-4(14)9-12-7-3-5(10)2-6(11)8(7)13-9/h2-4,14H,1H3,(H,12,13)/t4-/m0/s1. The fraction of sp³-hybridized carbons (Fsp3) is 0.222. The molecule has 0 saturated carbocycles. The molecule has 0 radical (unpaired) electrons. The Bertz CT molecular complexity index is 481. The van der Waals surface area contributed by atoms with Crippen molar-refractivity contribution in [2.45, 2.75) is 13.0 Å². The number of aliphatic hydroxyl groups is 1. The normalized spacial score (nSPS) is 13.4. The number of aliphatic hydroxyl groups excluding tert-OH is 1. The van der Waals surface area contributed by atoms with Crippen molar-refractivity contribution in [3.8, 4) is 0 Å². The average molecular weight is 215 g/mol. The number of benzene rings is 1. The number of rotatable bonds is 1. The van der Waals surface area contributed by atoms with Gasteiger partial charge in [0.25, 0.3) is 0 Å². The van der Waals surface area contributed by atoms with E-state index < -0.39 is 11.9 Å². The number of fused-ring (bicyclic) bond motifs is 1. The van der Waals surface area contributed by atoms with Crippen molar-refractivity contribution < 1.29 is 9.50 Å². The molecule has 1 atom stereocenters. The molecule has 0 amide bonds. The molecule has 2 aromatic rings. The van der Waals surface area contributed by atoms with Crippen LogP contribution in [0.5, 0.6) is 0 Å². The van der Waals surface area contributed by atoms with E-state index in [0.717, 1.165) is 0 Å². The van der Waals surface area contributed by atoms with Crippen LogP contribution in [0.2, 0.25) is 5.02 Å². The van der Waals surface area contributed by atoms with Crippen LogP contribution in [0.1, 0.15) is 18.9 Å². The van der Waals surface area contributed by atoms with E-state index >= 15 is 0 Å². The molecule has 1 aromatic heterocycles. The van der Waals surface area contributed by atoms with Gasteiger partial charge >= 0.3 is 0 Å². The Labute approximate surface area is 84.5 Å².